The number of nitrogens with zero attached hydrogens (tertiary/aromatic N) is 2. The Morgan fingerprint density at radius 1 is 1.35 bits per heavy atom. The number of hydrogen-bond donors (Lipinski definition) is 2. The molecule has 2 rings (SSSR count). The molecule has 0 radical (unpaired) electrons. The van der Waals surface area contributed by atoms with Gasteiger partial charge < -0.3 is 5.73 Å². The molecule has 90 valence electrons. The Bertz CT molecular complexity index is 577. The summed E-state index contributed by atoms with van der Waals surface area (Å²) in [5.41, 5.74) is 5.28. The first-order chi connectivity index (χ1) is 7.89. The minimum absolute atomic E-state index is 0.362. The molecule has 6 heteroatoms. The van der Waals surface area contributed by atoms with E-state index in [2.05, 4.69) is 10.2 Å². The molecule has 0 spiro atoms. The van der Waals surface area contributed by atoms with Crippen molar-refractivity contribution >= 4 is 0 Å². The number of benzene rings is 1. The normalized spacial score (nSPS) is 11.8. The molecule has 17 heavy (non-hydrogen) atoms. The third-order valence-corrected chi connectivity index (χ3v) is 2.33. The third-order valence-electron chi connectivity index (χ3n) is 2.33. The molecule has 0 aliphatic heterocycles. The Hall–Kier alpha value is -1.95. The number of rotatable bonds is 2. The lowest BCUT2D eigenvalue weighted by Crippen LogP contribution is -2.34. The summed E-state index contributed by atoms with van der Waals surface area (Å²) in [4.78, 5) is 11.7. The van der Waals surface area contributed by atoms with Crippen LogP contribution in [0.4, 0.5) is 4.39 Å². The van der Waals surface area contributed by atoms with Crippen LogP contribution in [0.1, 0.15) is 19.7 Å². The van der Waals surface area contributed by atoms with Gasteiger partial charge in [-0.15, -0.1) is 0 Å². The molecule has 2 aromatic rings. The Labute approximate surface area is 97.1 Å². The molecule has 0 aliphatic rings. The van der Waals surface area contributed by atoms with Gasteiger partial charge >= 0.3 is 5.69 Å². The average Bonchev–Trinajstić information content (AvgIpc) is 2.61. The van der Waals surface area contributed by atoms with Crippen molar-refractivity contribution in [2.75, 3.05) is 0 Å². The average molecular weight is 236 g/mol. The highest BCUT2D eigenvalue weighted by Crippen LogP contribution is 2.16. The van der Waals surface area contributed by atoms with Crippen molar-refractivity contribution in [2.24, 2.45) is 5.73 Å². The molecule has 1 aromatic heterocycles. The number of aromatic nitrogens is 3. The number of H-pyrrole nitrogens is 1. The molecule has 0 fully saturated rings. The van der Waals surface area contributed by atoms with E-state index in [1.54, 1.807) is 13.8 Å². The molecule has 0 amide bonds. The van der Waals surface area contributed by atoms with Gasteiger partial charge in [0, 0.05) is 0 Å². The maximum Gasteiger partial charge on any atom is 0.347 e. The Morgan fingerprint density at radius 2 is 1.94 bits per heavy atom. The van der Waals surface area contributed by atoms with Crippen molar-refractivity contribution in [1.82, 2.24) is 14.8 Å². The summed E-state index contributed by atoms with van der Waals surface area (Å²) in [6.07, 6.45) is 0. The van der Waals surface area contributed by atoms with Crippen LogP contribution in [0.3, 0.4) is 0 Å². The van der Waals surface area contributed by atoms with Gasteiger partial charge in [0.15, 0.2) is 5.82 Å². The zero-order chi connectivity index (χ0) is 12.6. The van der Waals surface area contributed by atoms with E-state index in [0.717, 1.165) is 0 Å². The summed E-state index contributed by atoms with van der Waals surface area (Å²) in [6, 6.07) is 5.56. The monoisotopic (exact) mass is 236 g/mol. The van der Waals surface area contributed by atoms with Crippen molar-refractivity contribution in [3.8, 4) is 5.69 Å². The van der Waals surface area contributed by atoms with Crippen LogP contribution in [0.2, 0.25) is 0 Å². The molecule has 0 unspecified atom stereocenters. The molecule has 3 N–H and O–H groups in total. The van der Waals surface area contributed by atoms with Gasteiger partial charge in [0.05, 0.1) is 11.2 Å². The lowest BCUT2D eigenvalue weighted by atomic mass is 10.1. The summed E-state index contributed by atoms with van der Waals surface area (Å²) >= 11 is 0. The van der Waals surface area contributed by atoms with Gasteiger partial charge in [-0.3, -0.25) is 0 Å². The second-order valence-electron chi connectivity index (χ2n) is 4.39. The van der Waals surface area contributed by atoms with E-state index < -0.39 is 11.2 Å². The summed E-state index contributed by atoms with van der Waals surface area (Å²) in [6.45, 7) is 3.48. The second kappa shape index (κ2) is 3.81. The zero-order valence-corrected chi connectivity index (χ0v) is 9.57. The fourth-order valence-electron chi connectivity index (χ4n) is 1.56. The van der Waals surface area contributed by atoms with Crippen molar-refractivity contribution in [2.45, 2.75) is 19.4 Å². The first-order valence-electron chi connectivity index (χ1n) is 5.12. The predicted octanol–water partition coefficient (Wildman–Crippen LogP) is 0.894. The van der Waals surface area contributed by atoms with E-state index in [1.807, 2.05) is 0 Å². The van der Waals surface area contributed by atoms with E-state index in [0.29, 0.717) is 11.5 Å². The maximum atomic E-state index is 12.8. The number of nitrogens with one attached hydrogen (secondary N) is 1. The smallest absolute Gasteiger partial charge is 0.319 e. The van der Waals surface area contributed by atoms with Gasteiger partial charge in [0.25, 0.3) is 0 Å². The number of hydrogen-bond acceptors (Lipinski definition) is 3. The highest BCUT2D eigenvalue weighted by atomic mass is 19.1. The summed E-state index contributed by atoms with van der Waals surface area (Å²) < 4.78 is 14.2. The van der Waals surface area contributed by atoms with Crippen molar-refractivity contribution in [1.29, 1.82) is 0 Å². The van der Waals surface area contributed by atoms with Gasteiger partial charge in [-0.25, -0.2) is 18.9 Å². The fourth-order valence-corrected chi connectivity index (χ4v) is 1.56. The van der Waals surface area contributed by atoms with E-state index in [9.17, 15) is 9.18 Å². The number of aromatic amines is 1. The van der Waals surface area contributed by atoms with Crippen LogP contribution in [0.15, 0.2) is 29.1 Å². The van der Waals surface area contributed by atoms with Gasteiger partial charge in [0.2, 0.25) is 0 Å². The molecular formula is C11H13FN4O. The largest absolute Gasteiger partial charge is 0.347 e. The van der Waals surface area contributed by atoms with Gasteiger partial charge in [-0.05, 0) is 38.1 Å². The predicted molar refractivity (Wildman–Crippen MR) is 61.4 cm³/mol. The van der Waals surface area contributed by atoms with Crippen LogP contribution >= 0.6 is 0 Å². The minimum Gasteiger partial charge on any atom is -0.319 e. The molecule has 0 atom stereocenters. The highest BCUT2D eigenvalue weighted by molar-refractivity contribution is 5.33. The quantitative estimate of drug-likeness (QED) is 0.813. The number of nitrogens with two attached hydrogens (primary N) is 1. The minimum atomic E-state index is -0.770. The first-order valence-corrected chi connectivity index (χ1v) is 5.12. The van der Waals surface area contributed by atoms with Crippen molar-refractivity contribution in [3.05, 3.63) is 46.4 Å². The van der Waals surface area contributed by atoms with Crippen LogP contribution < -0.4 is 11.4 Å². The highest BCUT2D eigenvalue weighted by Gasteiger charge is 2.23. The fraction of sp³-hybridized carbons (Fsp3) is 0.273. The van der Waals surface area contributed by atoms with Gasteiger partial charge in [-0.2, -0.15) is 5.10 Å². The Kier molecular flexibility index (Phi) is 2.59. The number of halogens is 1. The van der Waals surface area contributed by atoms with E-state index in [4.69, 9.17) is 5.73 Å². The molecule has 1 heterocycles. The molecular weight excluding hydrogens is 223 g/mol. The standard InChI is InChI=1S/C11H13FN4O/c1-11(2,13)9-14-15-10(17)16(9)8-5-3-7(12)4-6-8/h3-6H,13H2,1-2H3,(H,15,17). The lowest BCUT2D eigenvalue weighted by Gasteiger charge is -2.18. The van der Waals surface area contributed by atoms with Gasteiger partial charge in [0.1, 0.15) is 5.82 Å². The summed E-state index contributed by atoms with van der Waals surface area (Å²) in [5.74, 6) is 0.0351. The Balaban J connectivity index is 2.63. The second-order valence-corrected chi connectivity index (χ2v) is 4.39. The molecule has 1 aromatic carbocycles. The zero-order valence-electron chi connectivity index (χ0n) is 9.57. The summed E-state index contributed by atoms with van der Waals surface area (Å²) in [5, 5.41) is 6.23. The summed E-state index contributed by atoms with van der Waals surface area (Å²) in [7, 11) is 0. The third kappa shape index (κ3) is 2.12. The molecule has 0 saturated heterocycles. The van der Waals surface area contributed by atoms with Crippen LogP contribution in [-0.4, -0.2) is 14.8 Å². The van der Waals surface area contributed by atoms with Crippen LogP contribution in [0.5, 0.6) is 0 Å². The topological polar surface area (TPSA) is 76.7 Å². The van der Waals surface area contributed by atoms with Crippen LogP contribution in [-0.2, 0) is 5.54 Å². The van der Waals surface area contributed by atoms with Crippen molar-refractivity contribution < 1.29 is 4.39 Å². The molecule has 5 nitrogen and oxygen atoms in total. The lowest BCUT2D eigenvalue weighted by molar-refractivity contribution is 0.502. The van der Waals surface area contributed by atoms with E-state index >= 15 is 0 Å². The molecule has 0 aliphatic carbocycles. The SMILES string of the molecule is CC(C)(N)c1n[nH]c(=O)n1-c1ccc(F)cc1. The van der Waals surface area contributed by atoms with E-state index in [1.165, 1.54) is 28.8 Å². The maximum absolute atomic E-state index is 12.8. The molecule has 0 bridgehead atoms. The van der Waals surface area contributed by atoms with E-state index in [-0.39, 0.29) is 5.82 Å². The van der Waals surface area contributed by atoms with Crippen LogP contribution in [0.25, 0.3) is 5.69 Å². The Morgan fingerprint density at radius 3 is 2.47 bits per heavy atom. The van der Waals surface area contributed by atoms with Crippen LogP contribution in [0, 0.1) is 5.82 Å². The molecule has 0 saturated carbocycles. The van der Waals surface area contributed by atoms with Gasteiger partial charge in [-0.1, -0.05) is 0 Å². The van der Waals surface area contributed by atoms with Crippen molar-refractivity contribution in [3.63, 3.8) is 0 Å². The first kappa shape index (κ1) is 11.5.